The lowest BCUT2D eigenvalue weighted by Gasteiger charge is -2.09. The Morgan fingerprint density at radius 2 is 1.95 bits per heavy atom. The van der Waals surface area contributed by atoms with E-state index in [0.717, 1.165) is 12.0 Å². The van der Waals surface area contributed by atoms with Crippen molar-refractivity contribution >= 4 is 37.8 Å². The Morgan fingerprint density at radius 1 is 1.26 bits per heavy atom. The van der Waals surface area contributed by atoms with Gasteiger partial charge in [0.2, 0.25) is 0 Å². The number of phenolic OH excluding ortho intramolecular Hbond substituents is 2. The average Bonchev–Trinajstić information content (AvgIpc) is 2.38. The lowest BCUT2D eigenvalue weighted by molar-refractivity contribution is -0.143. The van der Waals surface area contributed by atoms with Crippen molar-refractivity contribution < 1.29 is 19.7 Å². The van der Waals surface area contributed by atoms with E-state index in [1.54, 1.807) is 13.0 Å². The molecule has 0 saturated carbocycles. The first-order valence-corrected chi connectivity index (χ1v) is 7.60. The molecule has 0 aliphatic rings. The third-order valence-corrected chi connectivity index (χ3v) is 4.28. The largest absolute Gasteiger partial charge is 0.507 e. The summed E-state index contributed by atoms with van der Waals surface area (Å²) < 4.78 is 5.67. The van der Waals surface area contributed by atoms with Crippen LogP contribution in [0.3, 0.4) is 0 Å². The van der Waals surface area contributed by atoms with Gasteiger partial charge < -0.3 is 14.9 Å². The summed E-state index contributed by atoms with van der Waals surface area (Å²) in [6.07, 6.45) is 2.54. The van der Waals surface area contributed by atoms with Crippen LogP contribution in [0.2, 0.25) is 0 Å². The molecular weight excluding hydrogens is 380 g/mol. The maximum atomic E-state index is 11.2. The third-order valence-electron chi connectivity index (χ3n) is 2.62. The van der Waals surface area contributed by atoms with E-state index in [9.17, 15) is 15.0 Å². The third kappa shape index (κ3) is 4.69. The van der Waals surface area contributed by atoms with Crippen LogP contribution in [0, 0.1) is 0 Å². The van der Waals surface area contributed by atoms with Crippen molar-refractivity contribution in [2.75, 3.05) is 6.61 Å². The fourth-order valence-corrected chi connectivity index (χ4v) is 2.75. The van der Waals surface area contributed by atoms with E-state index in [4.69, 9.17) is 4.74 Å². The van der Waals surface area contributed by atoms with Gasteiger partial charge in [-0.25, -0.2) is 0 Å². The second-order valence-electron chi connectivity index (χ2n) is 4.04. The highest BCUT2D eigenvalue weighted by Crippen LogP contribution is 2.41. The normalized spacial score (nSPS) is 10.5. The number of benzene rings is 1. The second kappa shape index (κ2) is 7.75. The summed E-state index contributed by atoms with van der Waals surface area (Å²) >= 11 is 6.38. The number of hydrogen-bond acceptors (Lipinski definition) is 4. The molecule has 0 amide bonds. The number of hydrogen-bond donors (Lipinski definition) is 2. The Labute approximate surface area is 129 Å². The van der Waals surface area contributed by atoms with Crippen LogP contribution in [-0.2, 0) is 16.0 Å². The fourth-order valence-electron chi connectivity index (χ4n) is 1.66. The maximum absolute atomic E-state index is 11.2. The minimum absolute atomic E-state index is 0.00101. The summed E-state index contributed by atoms with van der Waals surface area (Å²) in [4.78, 5) is 11.2. The zero-order valence-electron chi connectivity index (χ0n) is 10.6. The number of aryl methyl sites for hydroxylation is 1. The number of carbonyl (C=O) groups is 1. The molecule has 6 heteroatoms. The van der Waals surface area contributed by atoms with Crippen LogP contribution >= 0.6 is 31.9 Å². The van der Waals surface area contributed by atoms with Gasteiger partial charge in [0.25, 0.3) is 0 Å². The van der Waals surface area contributed by atoms with Gasteiger partial charge in [0, 0.05) is 6.42 Å². The fraction of sp³-hybridized carbons (Fsp3) is 0.462. The van der Waals surface area contributed by atoms with E-state index in [0.29, 0.717) is 30.3 Å². The minimum atomic E-state index is -0.192. The van der Waals surface area contributed by atoms with Gasteiger partial charge >= 0.3 is 5.97 Å². The van der Waals surface area contributed by atoms with E-state index >= 15 is 0 Å². The molecule has 1 aromatic carbocycles. The molecule has 0 spiro atoms. The molecule has 0 atom stereocenters. The number of ether oxygens (including phenoxy) is 1. The molecule has 0 aliphatic carbocycles. The number of phenols is 2. The zero-order chi connectivity index (χ0) is 14.4. The summed E-state index contributed by atoms with van der Waals surface area (Å²) in [5, 5.41) is 19.4. The molecule has 1 rings (SSSR count). The number of halogens is 2. The van der Waals surface area contributed by atoms with Gasteiger partial charge in [-0.1, -0.05) is 0 Å². The number of carbonyl (C=O) groups excluding carboxylic acids is 1. The molecule has 0 aromatic heterocycles. The first kappa shape index (κ1) is 16.3. The summed E-state index contributed by atoms with van der Waals surface area (Å²) in [7, 11) is 0. The summed E-state index contributed by atoms with van der Waals surface area (Å²) in [5.41, 5.74) is 0.807. The zero-order valence-corrected chi connectivity index (χ0v) is 13.8. The van der Waals surface area contributed by atoms with Crippen molar-refractivity contribution in [1.29, 1.82) is 0 Å². The topological polar surface area (TPSA) is 66.8 Å². The van der Waals surface area contributed by atoms with Crippen LogP contribution in [0.25, 0.3) is 0 Å². The van der Waals surface area contributed by atoms with Crippen molar-refractivity contribution in [2.45, 2.75) is 32.6 Å². The summed E-state index contributed by atoms with van der Waals surface area (Å²) in [6.45, 7) is 2.18. The van der Waals surface area contributed by atoms with Gasteiger partial charge in [-0.2, -0.15) is 0 Å². The first-order chi connectivity index (χ1) is 8.97. The molecule has 0 heterocycles. The number of aromatic hydroxyl groups is 2. The van der Waals surface area contributed by atoms with E-state index in [2.05, 4.69) is 31.9 Å². The van der Waals surface area contributed by atoms with Gasteiger partial charge in [0.05, 0.1) is 11.1 Å². The van der Waals surface area contributed by atoms with Gasteiger partial charge in [-0.15, -0.1) is 0 Å². The highest BCUT2D eigenvalue weighted by molar-refractivity contribution is 9.11. The lowest BCUT2D eigenvalue weighted by Crippen LogP contribution is -2.03. The van der Waals surface area contributed by atoms with Crippen LogP contribution in [0.15, 0.2) is 15.0 Å². The molecule has 0 saturated heterocycles. The molecule has 0 unspecified atom stereocenters. The molecule has 0 radical (unpaired) electrons. The molecule has 1 aromatic rings. The van der Waals surface area contributed by atoms with Gasteiger partial charge in [-0.05, 0) is 69.7 Å². The smallest absolute Gasteiger partial charge is 0.305 e. The highest BCUT2D eigenvalue weighted by Gasteiger charge is 2.13. The molecule has 0 aliphatic heterocycles. The van der Waals surface area contributed by atoms with Crippen molar-refractivity contribution in [3.63, 3.8) is 0 Å². The van der Waals surface area contributed by atoms with Crippen molar-refractivity contribution in [3.05, 3.63) is 20.6 Å². The van der Waals surface area contributed by atoms with Gasteiger partial charge in [0.1, 0.15) is 16.0 Å². The molecule has 19 heavy (non-hydrogen) atoms. The van der Waals surface area contributed by atoms with Crippen molar-refractivity contribution in [3.8, 4) is 11.5 Å². The average molecular weight is 396 g/mol. The Bertz CT molecular complexity index is 460. The Balaban J connectivity index is 2.53. The first-order valence-electron chi connectivity index (χ1n) is 6.01. The molecule has 0 fully saturated rings. The Hall–Kier alpha value is -0.750. The van der Waals surface area contributed by atoms with E-state index < -0.39 is 0 Å². The standard InChI is InChI=1S/C13H16Br2O4/c1-2-19-10(17)6-4-3-5-8-7-9(16)12(15)13(18)11(8)14/h7,16,18H,2-6H2,1H3. The van der Waals surface area contributed by atoms with Crippen molar-refractivity contribution in [1.82, 2.24) is 0 Å². The van der Waals surface area contributed by atoms with Crippen LogP contribution in [0.5, 0.6) is 11.5 Å². The molecule has 106 valence electrons. The quantitative estimate of drug-likeness (QED) is 0.566. The van der Waals surface area contributed by atoms with Crippen LogP contribution in [-0.4, -0.2) is 22.8 Å². The summed E-state index contributed by atoms with van der Waals surface area (Å²) in [5.74, 6) is -0.204. The van der Waals surface area contributed by atoms with Crippen LogP contribution < -0.4 is 0 Å². The number of rotatable bonds is 6. The Morgan fingerprint density at radius 3 is 2.58 bits per heavy atom. The van der Waals surface area contributed by atoms with E-state index in [-0.39, 0.29) is 21.9 Å². The Kier molecular flexibility index (Phi) is 6.65. The van der Waals surface area contributed by atoms with Gasteiger partial charge in [0.15, 0.2) is 0 Å². The minimum Gasteiger partial charge on any atom is -0.507 e. The number of esters is 1. The predicted octanol–water partition coefficient (Wildman–Crippen LogP) is 3.90. The SMILES string of the molecule is CCOC(=O)CCCCc1cc(O)c(Br)c(O)c1Br. The molecule has 2 N–H and O–H groups in total. The second-order valence-corrected chi connectivity index (χ2v) is 5.63. The van der Waals surface area contributed by atoms with Crippen molar-refractivity contribution in [2.24, 2.45) is 0 Å². The van der Waals surface area contributed by atoms with Crippen LogP contribution in [0.4, 0.5) is 0 Å². The monoisotopic (exact) mass is 394 g/mol. The summed E-state index contributed by atoms with van der Waals surface area (Å²) in [6, 6.07) is 1.60. The molecular formula is C13H16Br2O4. The van der Waals surface area contributed by atoms with E-state index in [1.165, 1.54) is 0 Å². The number of unbranched alkanes of at least 4 members (excludes halogenated alkanes) is 1. The molecule has 4 nitrogen and oxygen atoms in total. The predicted molar refractivity (Wildman–Crippen MR) is 79.4 cm³/mol. The lowest BCUT2D eigenvalue weighted by atomic mass is 10.1. The molecule has 0 bridgehead atoms. The maximum Gasteiger partial charge on any atom is 0.305 e. The van der Waals surface area contributed by atoms with E-state index in [1.807, 2.05) is 0 Å². The van der Waals surface area contributed by atoms with Crippen LogP contribution in [0.1, 0.15) is 31.7 Å². The van der Waals surface area contributed by atoms with Gasteiger partial charge in [-0.3, -0.25) is 4.79 Å². The highest BCUT2D eigenvalue weighted by atomic mass is 79.9.